The lowest BCUT2D eigenvalue weighted by atomic mass is 9.97. The zero-order valence-corrected chi connectivity index (χ0v) is 20.5. The molecule has 0 fully saturated rings. The van der Waals surface area contributed by atoms with Gasteiger partial charge in [-0.3, -0.25) is 14.3 Å². The van der Waals surface area contributed by atoms with Crippen molar-refractivity contribution in [3.8, 4) is 0 Å². The summed E-state index contributed by atoms with van der Waals surface area (Å²) in [6, 6.07) is 35.4. The number of hydrogen-bond donors (Lipinski definition) is 0. The number of aromatic nitrogens is 2. The van der Waals surface area contributed by atoms with Gasteiger partial charge < -0.3 is 0 Å². The molecule has 1 aliphatic heterocycles. The van der Waals surface area contributed by atoms with E-state index in [1.165, 1.54) is 16.3 Å². The molecule has 178 valence electrons. The summed E-state index contributed by atoms with van der Waals surface area (Å²) in [5, 5.41) is 2.50. The summed E-state index contributed by atoms with van der Waals surface area (Å²) in [4.78, 5) is 21.4. The fourth-order valence-electron chi connectivity index (χ4n) is 5.46. The van der Waals surface area contributed by atoms with Crippen molar-refractivity contribution in [1.82, 2.24) is 14.5 Å². The Kier molecular flexibility index (Phi) is 5.96. The first kappa shape index (κ1) is 22.4. The number of nitrogens with zero attached hydrogens (tertiary/aromatic N) is 3. The zero-order chi connectivity index (χ0) is 24.5. The van der Waals surface area contributed by atoms with Crippen LogP contribution in [0, 0.1) is 6.92 Å². The van der Waals surface area contributed by atoms with E-state index in [-0.39, 0.29) is 11.6 Å². The van der Waals surface area contributed by atoms with Gasteiger partial charge in [0.05, 0.1) is 17.3 Å². The lowest BCUT2D eigenvalue weighted by Crippen LogP contribution is -2.40. The van der Waals surface area contributed by atoms with Crippen molar-refractivity contribution < 1.29 is 0 Å². The topological polar surface area (TPSA) is 38.1 Å². The van der Waals surface area contributed by atoms with Crippen LogP contribution in [0.3, 0.4) is 0 Å². The highest BCUT2D eigenvalue weighted by molar-refractivity contribution is 5.82. The summed E-state index contributed by atoms with van der Waals surface area (Å²) in [6.07, 6.45) is 0.793. The van der Waals surface area contributed by atoms with Gasteiger partial charge in [-0.05, 0) is 40.5 Å². The van der Waals surface area contributed by atoms with Gasteiger partial charge in [0.1, 0.15) is 5.82 Å². The van der Waals surface area contributed by atoms with Gasteiger partial charge in [0.2, 0.25) is 0 Å². The Labute approximate surface area is 211 Å². The molecule has 36 heavy (non-hydrogen) atoms. The Hall–Kier alpha value is -4.02. The largest absolute Gasteiger partial charge is 0.294 e. The number of rotatable bonds is 5. The third-order valence-electron chi connectivity index (χ3n) is 7.23. The molecular formula is C32H29N3O. The minimum absolute atomic E-state index is 0.0680. The fraction of sp³-hybridized carbons (Fsp3) is 0.188. The number of aryl methyl sites for hydroxylation is 1. The first-order valence-corrected chi connectivity index (χ1v) is 12.6. The van der Waals surface area contributed by atoms with Crippen LogP contribution in [-0.2, 0) is 19.5 Å². The number of hydrogen-bond acceptors (Lipinski definition) is 3. The van der Waals surface area contributed by atoms with Crippen molar-refractivity contribution in [2.75, 3.05) is 6.54 Å². The van der Waals surface area contributed by atoms with Crippen LogP contribution < -0.4 is 5.56 Å². The molecule has 0 N–H and O–H groups in total. The van der Waals surface area contributed by atoms with Gasteiger partial charge >= 0.3 is 0 Å². The quantitative estimate of drug-likeness (QED) is 0.320. The van der Waals surface area contributed by atoms with Gasteiger partial charge in [0.25, 0.3) is 5.56 Å². The van der Waals surface area contributed by atoms with Crippen molar-refractivity contribution in [3.05, 3.63) is 147 Å². The molecule has 4 heteroatoms. The summed E-state index contributed by atoms with van der Waals surface area (Å²) in [5.41, 5.74) is 5.27. The van der Waals surface area contributed by atoms with E-state index in [9.17, 15) is 4.79 Å². The Morgan fingerprint density at radius 1 is 0.806 bits per heavy atom. The van der Waals surface area contributed by atoms with Crippen molar-refractivity contribution in [2.24, 2.45) is 0 Å². The van der Waals surface area contributed by atoms with Crippen LogP contribution in [0.4, 0.5) is 0 Å². The molecule has 0 saturated carbocycles. The van der Waals surface area contributed by atoms with Gasteiger partial charge in [-0.1, -0.05) is 97.1 Å². The molecule has 0 radical (unpaired) electrons. The van der Waals surface area contributed by atoms with Crippen LogP contribution in [0.2, 0.25) is 0 Å². The molecule has 2 heterocycles. The second-order valence-electron chi connectivity index (χ2n) is 9.63. The summed E-state index contributed by atoms with van der Waals surface area (Å²) in [6.45, 7) is 4.29. The minimum Gasteiger partial charge on any atom is -0.294 e. The van der Waals surface area contributed by atoms with Gasteiger partial charge in [-0.15, -0.1) is 0 Å². The third-order valence-corrected chi connectivity index (χ3v) is 7.23. The van der Waals surface area contributed by atoms with Gasteiger partial charge in [0, 0.05) is 26.1 Å². The first-order chi connectivity index (χ1) is 17.7. The Balaban J connectivity index is 1.37. The van der Waals surface area contributed by atoms with Crippen LogP contribution in [0.1, 0.15) is 39.8 Å². The van der Waals surface area contributed by atoms with Crippen LogP contribution in [0.5, 0.6) is 0 Å². The van der Waals surface area contributed by atoms with Crippen LogP contribution in [0.15, 0.2) is 108 Å². The molecule has 0 spiro atoms. The van der Waals surface area contributed by atoms with E-state index >= 15 is 0 Å². The highest BCUT2D eigenvalue weighted by Gasteiger charge is 2.27. The maximum Gasteiger partial charge on any atom is 0.259 e. The summed E-state index contributed by atoms with van der Waals surface area (Å²) >= 11 is 0. The summed E-state index contributed by atoms with van der Waals surface area (Å²) in [7, 11) is 0. The third kappa shape index (κ3) is 4.25. The fourth-order valence-corrected chi connectivity index (χ4v) is 5.46. The molecule has 4 aromatic carbocycles. The monoisotopic (exact) mass is 471 g/mol. The average Bonchev–Trinajstić information content (AvgIpc) is 2.92. The maximum atomic E-state index is 14.1. The SMILES string of the molecule is Cc1nc2c(c(=O)n1C(c1ccccc1)c1ccccc1)CN(Cc1ccc3ccccc3c1)CC2. The highest BCUT2D eigenvalue weighted by atomic mass is 16.1. The number of benzene rings is 4. The summed E-state index contributed by atoms with van der Waals surface area (Å²) in [5.74, 6) is 0.763. The molecular weight excluding hydrogens is 442 g/mol. The summed E-state index contributed by atoms with van der Waals surface area (Å²) < 4.78 is 1.89. The molecule has 0 amide bonds. The lowest BCUT2D eigenvalue weighted by molar-refractivity contribution is 0.240. The molecule has 0 atom stereocenters. The standard InChI is InChI=1S/C32H29N3O/c1-23-33-30-18-19-34(21-24-16-17-25-10-8-9-15-28(25)20-24)22-29(30)32(36)35(23)31(26-11-4-2-5-12-26)27-13-6-3-7-14-27/h2-17,20,31H,18-19,21-22H2,1H3. The number of fused-ring (bicyclic) bond motifs is 2. The normalized spacial score (nSPS) is 13.7. The van der Waals surface area contributed by atoms with E-state index in [1.807, 2.05) is 47.9 Å². The van der Waals surface area contributed by atoms with Gasteiger partial charge in [0.15, 0.2) is 0 Å². The van der Waals surface area contributed by atoms with Gasteiger partial charge in [-0.25, -0.2) is 4.98 Å². The van der Waals surface area contributed by atoms with Gasteiger partial charge in [-0.2, -0.15) is 0 Å². The minimum atomic E-state index is -0.214. The van der Waals surface area contributed by atoms with Crippen LogP contribution in [-0.4, -0.2) is 21.0 Å². The van der Waals surface area contributed by atoms with Crippen LogP contribution in [0.25, 0.3) is 10.8 Å². The molecule has 1 aliphatic rings. The Morgan fingerprint density at radius 2 is 1.44 bits per heavy atom. The average molecular weight is 472 g/mol. The van der Waals surface area contributed by atoms with Crippen molar-refractivity contribution >= 4 is 10.8 Å². The molecule has 0 saturated heterocycles. The first-order valence-electron chi connectivity index (χ1n) is 12.6. The Bertz CT molecular complexity index is 1530. The second kappa shape index (κ2) is 9.56. The van der Waals surface area contributed by atoms with E-state index in [2.05, 4.69) is 71.6 Å². The van der Waals surface area contributed by atoms with E-state index < -0.39 is 0 Å². The molecule has 6 rings (SSSR count). The lowest BCUT2D eigenvalue weighted by Gasteiger charge is -2.30. The molecule has 0 aliphatic carbocycles. The van der Waals surface area contributed by atoms with E-state index in [1.54, 1.807) is 0 Å². The smallest absolute Gasteiger partial charge is 0.259 e. The van der Waals surface area contributed by atoms with E-state index in [0.29, 0.717) is 6.54 Å². The molecule has 0 unspecified atom stereocenters. The van der Waals surface area contributed by atoms with E-state index in [0.717, 1.165) is 47.7 Å². The second-order valence-corrected chi connectivity index (χ2v) is 9.63. The molecule has 0 bridgehead atoms. The predicted octanol–water partition coefficient (Wildman–Crippen LogP) is 5.90. The Morgan fingerprint density at radius 3 is 2.14 bits per heavy atom. The molecule has 4 nitrogen and oxygen atoms in total. The van der Waals surface area contributed by atoms with E-state index in [4.69, 9.17) is 4.98 Å². The van der Waals surface area contributed by atoms with Crippen molar-refractivity contribution in [2.45, 2.75) is 32.5 Å². The highest BCUT2D eigenvalue weighted by Crippen LogP contribution is 2.28. The molecule has 5 aromatic rings. The predicted molar refractivity (Wildman–Crippen MR) is 145 cm³/mol. The van der Waals surface area contributed by atoms with Crippen molar-refractivity contribution in [3.63, 3.8) is 0 Å². The van der Waals surface area contributed by atoms with Crippen molar-refractivity contribution in [1.29, 1.82) is 0 Å². The molecule has 1 aromatic heterocycles. The van der Waals surface area contributed by atoms with Crippen LogP contribution >= 0.6 is 0 Å². The zero-order valence-electron chi connectivity index (χ0n) is 20.5. The maximum absolute atomic E-state index is 14.1.